The summed E-state index contributed by atoms with van der Waals surface area (Å²) in [5, 5.41) is 16.4. The van der Waals surface area contributed by atoms with Crippen LogP contribution in [-0.4, -0.2) is 68.3 Å². The van der Waals surface area contributed by atoms with Gasteiger partial charge in [0, 0.05) is 14.6 Å². The second-order valence-electron chi connectivity index (χ2n) is 9.49. The molecule has 1 aromatic carbocycles. The quantitative estimate of drug-likeness (QED) is 0.363. The Labute approximate surface area is 211 Å². The number of nitrogens with zero attached hydrogens (tertiary/aromatic N) is 4. The molecular weight excluding hydrogens is 504 g/mol. The number of carboxylic acid groups (broad SMARTS) is 1. The van der Waals surface area contributed by atoms with Gasteiger partial charge in [-0.2, -0.15) is 0 Å². The highest BCUT2D eigenvalue weighted by atomic mass is 32.2. The number of aliphatic carboxylic acids is 1. The predicted molar refractivity (Wildman–Crippen MR) is 138 cm³/mol. The van der Waals surface area contributed by atoms with Crippen molar-refractivity contribution in [1.82, 2.24) is 14.8 Å². The lowest BCUT2D eigenvalue weighted by Crippen LogP contribution is -2.44. The monoisotopic (exact) mass is 536 g/mol. The minimum Gasteiger partial charge on any atom is -0.494 e. The average Bonchev–Trinajstić information content (AvgIpc) is 3.43. The van der Waals surface area contributed by atoms with Gasteiger partial charge in [0.1, 0.15) is 22.9 Å². The molecule has 11 nitrogen and oxygen atoms in total. The van der Waals surface area contributed by atoms with E-state index in [1.54, 1.807) is 37.3 Å². The van der Waals surface area contributed by atoms with Gasteiger partial charge in [-0.15, -0.1) is 10.2 Å². The first-order valence-corrected chi connectivity index (χ1v) is 16.5. The summed E-state index contributed by atoms with van der Waals surface area (Å²) in [5.41, 5.74) is 0.350. The molecule has 196 valence electrons. The van der Waals surface area contributed by atoms with Crippen LogP contribution in [0, 0.1) is 6.92 Å². The molecule has 0 spiro atoms. The molecule has 1 N–H and O–H groups in total. The first-order chi connectivity index (χ1) is 16.8. The van der Waals surface area contributed by atoms with Gasteiger partial charge in [0.2, 0.25) is 11.8 Å². The molecule has 36 heavy (non-hydrogen) atoms. The molecule has 3 aromatic rings. The zero-order valence-corrected chi connectivity index (χ0v) is 23.3. The number of carboxylic acids is 1. The Morgan fingerprint density at radius 2 is 1.75 bits per heavy atom. The van der Waals surface area contributed by atoms with Crippen LogP contribution in [0.1, 0.15) is 12.7 Å². The van der Waals surface area contributed by atoms with Crippen LogP contribution >= 0.6 is 0 Å². The number of ether oxygens (including phenoxy) is 2. The highest BCUT2D eigenvalue weighted by Crippen LogP contribution is 2.39. The van der Waals surface area contributed by atoms with Crippen LogP contribution in [0.15, 0.2) is 34.7 Å². The number of rotatable bonds is 11. The minimum absolute atomic E-state index is 0.0302. The minimum atomic E-state index is -4.39. The summed E-state index contributed by atoms with van der Waals surface area (Å²) in [6.07, 6.45) is 0. The Kier molecular flexibility index (Phi) is 7.84. The molecule has 0 saturated carbocycles. The van der Waals surface area contributed by atoms with Crippen LogP contribution < -0.4 is 13.8 Å². The van der Waals surface area contributed by atoms with Crippen molar-refractivity contribution in [1.29, 1.82) is 0 Å². The standard InChI is InChI=1S/C23H32N4O7SSi/c1-15-11-12-19(34-15)21-24-25-23(27(21)20-17(32-3)9-8-10-18(20)33-4)26(13-14-36(5,6)7)35(30,31)16(2)22(28)29/h8-12,16H,13-14H2,1-7H3,(H,28,29)/t16-/m0/s1. The van der Waals surface area contributed by atoms with Gasteiger partial charge in [-0.05, 0) is 44.2 Å². The highest BCUT2D eigenvalue weighted by Gasteiger charge is 2.39. The third-order valence-electron chi connectivity index (χ3n) is 5.62. The summed E-state index contributed by atoms with van der Waals surface area (Å²) in [4.78, 5) is 11.8. The van der Waals surface area contributed by atoms with Crippen LogP contribution in [0.2, 0.25) is 25.7 Å². The number of para-hydroxylation sites is 1. The van der Waals surface area contributed by atoms with Crippen LogP contribution in [-0.2, 0) is 14.8 Å². The summed E-state index contributed by atoms with van der Waals surface area (Å²) in [6, 6.07) is 9.12. The average molecular weight is 537 g/mol. The Morgan fingerprint density at radius 3 is 2.22 bits per heavy atom. The molecule has 0 unspecified atom stereocenters. The number of aromatic nitrogens is 3. The molecule has 0 saturated heterocycles. The van der Waals surface area contributed by atoms with E-state index in [-0.39, 0.29) is 18.3 Å². The molecule has 3 rings (SSSR count). The largest absolute Gasteiger partial charge is 0.494 e. The predicted octanol–water partition coefficient (Wildman–Crippen LogP) is 3.80. The third-order valence-corrected chi connectivity index (χ3v) is 9.40. The van der Waals surface area contributed by atoms with Gasteiger partial charge in [-0.25, -0.2) is 12.7 Å². The Balaban J connectivity index is 2.39. The Hall–Kier alpha value is -3.32. The van der Waals surface area contributed by atoms with Crippen molar-refractivity contribution in [2.24, 2.45) is 0 Å². The number of sulfonamides is 1. The maximum Gasteiger partial charge on any atom is 0.323 e. The van der Waals surface area contributed by atoms with Gasteiger partial charge in [0.25, 0.3) is 10.0 Å². The number of aryl methyl sites for hydroxylation is 1. The molecule has 0 radical (unpaired) electrons. The first kappa shape index (κ1) is 27.3. The summed E-state index contributed by atoms with van der Waals surface area (Å²) in [6.45, 7) is 9.24. The SMILES string of the molecule is COc1cccc(OC)c1-n1c(-c2ccc(C)o2)nnc1N(CC[Si](C)(C)C)S(=O)(=O)[C@@H](C)C(=O)O. The van der Waals surface area contributed by atoms with E-state index in [0.717, 1.165) is 11.2 Å². The van der Waals surface area contributed by atoms with Crippen molar-refractivity contribution < 1.29 is 32.2 Å². The van der Waals surface area contributed by atoms with E-state index in [1.165, 1.54) is 18.8 Å². The van der Waals surface area contributed by atoms with Crippen molar-refractivity contribution in [2.45, 2.75) is 44.8 Å². The van der Waals surface area contributed by atoms with Crippen LogP contribution in [0.4, 0.5) is 5.95 Å². The topological polar surface area (TPSA) is 137 Å². The van der Waals surface area contributed by atoms with Crippen LogP contribution in [0.3, 0.4) is 0 Å². The fourth-order valence-electron chi connectivity index (χ4n) is 3.51. The van der Waals surface area contributed by atoms with Gasteiger partial charge >= 0.3 is 5.97 Å². The van der Waals surface area contributed by atoms with E-state index in [9.17, 15) is 18.3 Å². The molecule has 0 aliphatic carbocycles. The maximum absolute atomic E-state index is 13.6. The molecule has 2 aromatic heterocycles. The number of hydrogen-bond donors (Lipinski definition) is 1. The number of furan rings is 1. The Morgan fingerprint density at radius 1 is 1.14 bits per heavy atom. The summed E-state index contributed by atoms with van der Waals surface area (Å²) < 4.78 is 46.7. The number of carbonyl (C=O) groups is 1. The molecule has 0 amide bonds. The lowest BCUT2D eigenvalue weighted by atomic mass is 10.2. The molecule has 0 aliphatic rings. The van der Waals surface area contributed by atoms with E-state index in [0.29, 0.717) is 34.8 Å². The molecule has 0 bridgehead atoms. The van der Waals surface area contributed by atoms with Crippen molar-refractivity contribution in [3.8, 4) is 28.8 Å². The zero-order valence-electron chi connectivity index (χ0n) is 21.5. The van der Waals surface area contributed by atoms with E-state index < -0.39 is 29.3 Å². The summed E-state index contributed by atoms with van der Waals surface area (Å²) in [7, 11) is -3.19. The van der Waals surface area contributed by atoms with Gasteiger partial charge in [-0.3, -0.25) is 9.36 Å². The molecule has 13 heteroatoms. The smallest absolute Gasteiger partial charge is 0.323 e. The van der Waals surface area contributed by atoms with Gasteiger partial charge in [-0.1, -0.05) is 25.7 Å². The third kappa shape index (κ3) is 5.41. The number of methoxy groups -OCH3 is 2. The summed E-state index contributed by atoms with van der Waals surface area (Å²) >= 11 is 0. The van der Waals surface area contributed by atoms with Gasteiger partial charge < -0.3 is 19.0 Å². The molecule has 1 atom stereocenters. The van der Waals surface area contributed by atoms with E-state index in [1.807, 2.05) is 0 Å². The first-order valence-electron chi connectivity index (χ1n) is 11.3. The normalized spacial score (nSPS) is 12.9. The second-order valence-corrected chi connectivity index (χ2v) is 17.3. The number of hydrogen-bond acceptors (Lipinski definition) is 8. The van der Waals surface area contributed by atoms with Crippen molar-refractivity contribution in [3.63, 3.8) is 0 Å². The zero-order chi connectivity index (χ0) is 26.8. The molecule has 0 aliphatic heterocycles. The van der Waals surface area contributed by atoms with Gasteiger partial charge in [0.15, 0.2) is 11.0 Å². The van der Waals surface area contributed by atoms with E-state index in [2.05, 4.69) is 29.8 Å². The van der Waals surface area contributed by atoms with E-state index >= 15 is 0 Å². The molecular formula is C23H32N4O7SSi. The van der Waals surface area contributed by atoms with Crippen molar-refractivity contribution >= 4 is 30.0 Å². The van der Waals surface area contributed by atoms with Crippen molar-refractivity contribution in [2.75, 3.05) is 25.1 Å². The van der Waals surface area contributed by atoms with Gasteiger partial charge in [0.05, 0.1) is 14.2 Å². The fourth-order valence-corrected chi connectivity index (χ4v) is 5.89. The Bertz CT molecular complexity index is 1320. The van der Waals surface area contributed by atoms with Crippen LogP contribution in [0.5, 0.6) is 11.5 Å². The highest BCUT2D eigenvalue weighted by molar-refractivity contribution is 7.94. The lowest BCUT2D eigenvalue weighted by molar-refractivity contribution is -0.136. The molecule has 0 fully saturated rings. The molecule has 2 heterocycles. The fraction of sp³-hybridized carbons (Fsp3) is 0.435. The lowest BCUT2D eigenvalue weighted by Gasteiger charge is -2.28. The number of benzene rings is 1. The van der Waals surface area contributed by atoms with Crippen molar-refractivity contribution in [3.05, 3.63) is 36.1 Å². The summed E-state index contributed by atoms with van der Waals surface area (Å²) in [5.74, 6) is 0.354. The van der Waals surface area contributed by atoms with Crippen LogP contribution in [0.25, 0.3) is 17.3 Å². The number of anilines is 1. The second kappa shape index (κ2) is 10.3. The van der Waals surface area contributed by atoms with E-state index in [4.69, 9.17) is 13.9 Å². The maximum atomic E-state index is 13.6.